The Hall–Kier alpha value is -2.34. The van der Waals surface area contributed by atoms with E-state index in [0.29, 0.717) is 37.8 Å². The molecule has 3 aromatic rings. The number of nitrogens with one attached hydrogen (secondary N) is 1. The molecule has 0 amide bonds. The predicted octanol–water partition coefficient (Wildman–Crippen LogP) is 5.56. The van der Waals surface area contributed by atoms with Gasteiger partial charge in [-0.1, -0.05) is 60.2 Å². The molecule has 0 aliphatic carbocycles. The van der Waals surface area contributed by atoms with Gasteiger partial charge in [-0.3, -0.25) is 0 Å². The quantitative estimate of drug-likeness (QED) is 0.408. The average Bonchev–Trinajstić information content (AvgIpc) is 2.74. The third-order valence-corrected chi connectivity index (χ3v) is 5.28. The van der Waals surface area contributed by atoms with Crippen molar-refractivity contribution in [3.8, 4) is 11.5 Å². The van der Waals surface area contributed by atoms with Crippen molar-refractivity contribution in [2.45, 2.75) is 33.1 Å². The van der Waals surface area contributed by atoms with Gasteiger partial charge in [-0.15, -0.1) is 0 Å². The molecule has 0 spiro atoms. The minimum absolute atomic E-state index is 0.469. The molecule has 2 N–H and O–H groups in total. The SMILES string of the molecule is CCOc1cc(CNCC(O)c2ccccc2)cc(Br)c1OCc1cccc(C)c1. The number of hydrogen-bond acceptors (Lipinski definition) is 4. The van der Waals surface area contributed by atoms with Crippen LogP contribution in [0.25, 0.3) is 0 Å². The Kier molecular flexibility index (Phi) is 8.31. The highest BCUT2D eigenvalue weighted by Crippen LogP contribution is 2.37. The molecule has 5 heteroatoms. The Morgan fingerprint density at radius 1 is 0.967 bits per heavy atom. The molecule has 0 aliphatic rings. The summed E-state index contributed by atoms with van der Waals surface area (Å²) in [5.41, 5.74) is 4.28. The molecule has 3 rings (SSSR count). The van der Waals surface area contributed by atoms with Crippen molar-refractivity contribution in [2.24, 2.45) is 0 Å². The van der Waals surface area contributed by atoms with E-state index in [0.717, 1.165) is 21.2 Å². The summed E-state index contributed by atoms with van der Waals surface area (Å²) in [7, 11) is 0. The Balaban J connectivity index is 1.64. The summed E-state index contributed by atoms with van der Waals surface area (Å²) in [6.45, 7) is 6.14. The monoisotopic (exact) mass is 469 g/mol. The van der Waals surface area contributed by atoms with E-state index in [1.807, 2.05) is 55.5 Å². The fourth-order valence-electron chi connectivity index (χ4n) is 3.23. The van der Waals surface area contributed by atoms with Gasteiger partial charge >= 0.3 is 0 Å². The molecule has 3 aromatic carbocycles. The van der Waals surface area contributed by atoms with E-state index in [1.54, 1.807) is 0 Å². The number of ether oxygens (including phenoxy) is 2. The lowest BCUT2D eigenvalue weighted by atomic mass is 10.1. The van der Waals surface area contributed by atoms with E-state index in [2.05, 4.69) is 46.4 Å². The van der Waals surface area contributed by atoms with Crippen LogP contribution in [0.3, 0.4) is 0 Å². The molecular weight excluding hydrogens is 442 g/mol. The number of aliphatic hydroxyl groups is 1. The maximum atomic E-state index is 10.3. The van der Waals surface area contributed by atoms with Crippen molar-refractivity contribution >= 4 is 15.9 Å². The van der Waals surface area contributed by atoms with E-state index < -0.39 is 6.10 Å². The molecule has 1 unspecified atom stereocenters. The van der Waals surface area contributed by atoms with Crippen molar-refractivity contribution in [3.05, 3.63) is 93.5 Å². The number of hydrogen-bond donors (Lipinski definition) is 2. The van der Waals surface area contributed by atoms with Crippen LogP contribution in [0.4, 0.5) is 0 Å². The first-order valence-electron chi connectivity index (χ1n) is 10.1. The Bertz CT molecular complexity index is 946. The van der Waals surface area contributed by atoms with Crippen LogP contribution in [0.2, 0.25) is 0 Å². The normalized spacial score (nSPS) is 11.9. The van der Waals surface area contributed by atoms with Crippen LogP contribution in [0.5, 0.6) is 11.5 Å². The maximum Gasteiger partial charge on any atom is 0.175 e. The summed E-state index contributed by atoms with van der Waals surface area (Å²) in [6.07, 6.45) is -0.544. The number of aryl methyl sites for hydroxylation is 1. The van der Waals surface area contributed by atoms with Crippen LogP contribution in [-0.4, -0.2) is 18.3 Å². The number of rotatable bonds is 10. The molecule has 0 heterocycles. The van der Waals surface area contributed by atoms with E-state index >= 15 is 0 Å². The van der Waals surface area contributed by atoms with Crippen LogP contribution in [0.1, 0.15) is 35.3 Å². The predicted molar refractivity (Wildman–Crippen MR) is 124 cm³/mol. The molecule has 0 saturated carbocycles. The zero-order valence-corrected chi connectivity index (χ0v) is 19.0. The summed E-state index contributed by atoms with van der Waals surface area (Å²) >= 11 is 3.63. The van der Waals surface area contributed by atoms with Crippen LogP contribution >= 0.6 is 15.9 Å². The first-order valence-corrected chi connectivity index (χ1v) is 10.9. The van der Waals surface area contributed by atoms with Gasteiger partial charge in [0.25, 0.3) is 0 Å². The highest BCUT2D eigenvalue weighted by molar-refractivity contribution is 9.10. The Morgan fingerprint density at radius 2 is 1.77 bits per heavy atom. The number of aliphatic hydroxyl groups excluding tert-OH is 1. The van der Waals surface area contributed by atoms with Crippen molar-refractivity contribution < 1.29 is 14.6 Å². The molecule has 0 radical (unpaired) electrons. The van der Waals surface area contributed by atoms with Crippen molar-refractivity contribution in [1.82, 2.24) is 5.32 Å². The second kappa shape index (κ2) is 11.2. The van der Waals surface area contributed by atoms with Gasteiger partial charge in [-0.2, -0.15) is 0 Å². The van der Waals surface area contributed by atoms with Gasteiger partial charge in [-0.05, 0) is 58.6 Å². The fraction of sp³-hybridized carbons (Fsp3) is 0.280. The van der Waals surface area contributed by atoms with Gasteiger partial charge in [0, 0.05) is 13.1 Å². The van der Waals surface area contributed by atoms with Gasteiger partial charge < -0.3 is 19.9 Å². The maximum absolute atomic E-state index is 10.3. The lowest BCUT2D eigenvalue weighted by molar-refractivity contribution is 0.174. The zero-order chi connectivity index (χ0) is 21.3. The van der Waals surface area contributed by atoms with Crippen LogP contribution < -0.4 is 14.8 Å². The topological polar surface area (TPSA) is 50.7 Å². The van der Waals surface area contributed by atoms with E-state index in [-0.39, 0.29) is 0 Å². The summed E-state index contributed by atoms with van der Waals surface area (Å²) in [5.74, 6) is 1.41. The minimum atomic E-state index is -0.544. The summed E-state index contributed by atoms with van der Waals surface area (Å²) in [4.78, 5) is 0. The second-order valence-electron chi connectivity index (χ2n) is 7.17. The molecule has 158 valence electrons. The van der Waals surface area contributed by atoms with Crippen molar-refractivity contribution in [1.29, 1.82) is 0 Å². The van der Waals surface area contributed by atoms with Crippen molar-refractivity contribution in [3.63, 3.8) is 0 Å². The van der Waals surface area contributed by atoms with Crippen LogP contribution in [-0.2, 0) is 13.2 Å². The lowest BCUT2D eigenvalue weighted by Crippen LogP contribution is -2.21. The first-order chi connectivity index (χ1) is 14.6. The first kappa shape index (κ1) is 22.3. The summed E-state index contributed by atoms with van der Waals surface area (Å²) < 4.78 is 12.8. The van der Waals surface area contributed by atoms with Crippen LogP contribution in [0, 0.1) is 6.92 Å². The lowest BCUT2D eigenvalue weighted by Gasteiger charge is -2.17. The molecule has 4 nitrogen and oxygen atoms in total. The van der Waals surface area contributed by atoms with E-state index in [1.165, 1.54) is 5.56 Å². The van der Waals surface area contributed by atoms with Gasteiger partial charge in [-0.25, -0.2) is 0 Å². The standard InChI is InChI=1S/C25H28BrNO3/c1-3-29-24-14-20(15-27-16-23(28)21-10-5-4-6-11-21)13-22(26)25(24)30-17-19-9-7-8-18(2)12-19/h4-14,23,27-28H,3,15-17H2,1-2H3. The molecular formula is C25H28BrNO3. The van der Waals surface area contributed by atoms with Gasteiger partial charge in [0.1, 0.15) is 6.61 Å². The number of benzene rings is 3. The second-order valence-corrected chi connectivity index (χ2v) is 8.03. The summed E-state index contributed by atoms with van der Waals surface area (Å²) in [6, 6.07) is 21.9. The molecule has 0 aromatic heterocycles. The fourth-order valence-corrected chi connectivity index (χ4v) is 3.83. The molecule has 1 atom stereocenters. The third-order valence-electron chi connectivity index (χ3n) is 4.69. The van der Waals surface area contributed by atoms with Crippen molar-refractivity contribution in [2.75, 3.05) is 13.2 Å². The smallest absolute Gasteiger partial charge is 0.175 e. The molecule has 0 saturated heterocycles. The average molecular weight is 470 g/mol. The van der Waals surface area contributed by atoms with Gasteiger partial charge in [0.2, 0.25) is 0 Å². The molecule has 30 heavy (non-hydrogen) atoms. The zero-order valence-electron chi connectivity index (χ0n) is 17.4. The highest BCUT2D eigenvalue weighted by Gasteiger charge is 2.13. The van der Waals surface area contributed by atoms with E-state index in [9.17, 15) is 5.11 Å². The summed E-state index contributed by atoms with van der Waals surface area (Å²) in [5, 5.41) is 13.6. The number of halogens is 1. The largest absolute Gasteiger partial charge is 0.490 e. The van der Waals surface area contributed by atoms with E-state index in [4.69, 9.17) is 9.47 Å². The highest BCUT2D eigenvalue weighted by atomic mass is 79.9. The Morgan fingerprint density at radius 3 is 2.50 bits per heavy atom. The molecule has 0 aliphatic heterocycles. The van der Waals surface area contributed by atoms with Crippen LogP contribution in [0.15, 0.2) is 71.2 Å². The third kappa shape index (κ3) is 6.33. The Labute approximate surface area is 187 Å². The molecule has 0 bridgehead atoms. The van der Waals surface area contributed by atoms with Gasteiger partial charge in [0.05, 0.1) is 17.2 Å². The molecule has 0 fully saturated rings. The minimum Gasteiger partial charge on any atom is -0.490 e. The van der Waals surface area contributed by atoms with Gasteiger partial charge in [0.15, 0.2) is 11.5 Å².